The fraction of sp³-hybridized carbons (Fsp3) is 0.636. The van der Waals surface area contributed by atoms with Gasteiger partial charge in [-0.25, -0.2) is 5.48 Å². The predicted octanol–water partition coefficient (Wildman–Crippen LogP) is 3.51. The van der Waals surface area contributed by atoms with E-state index in [0.29, 0.717) is 11.5 Å². The third-order valence-electron chi connectivity index (χ3n) is 5.28. The summed E-state index contributed by atoms with van der Waals surface area (Å²) in [6.07, 6.45) is 12.4. The SMILES string of the molecule is CCCC1N=C2C=C(/C=C/C(=O)NO)C=CN2C1CN(CC)CCC(C)(C)C. The van der Waals surface area contributed by atoms with Crippen LogP contribution in [-0.4, -0.2) is 58.5 Å². The van der Waals surface area contributed by atoms with Crippen LogP contribution in [0.5, 0.6) is 0 Å². The first-order chi connectivity index (χ1) is 13.3. The Labute approximate surface area is 169 Å². The smallest absolute Gasteiger partial charge is 0.267 e. The van der Waals surface area contributed by atoms with Crippen molar-refractivity contribution in [3.63, 3.8) is 0 Å². The maximum absolute atomic E-state index is 11.2. The van der Waals surface area contributed by atoms with E-state index in [-0.39, 0.29) is 6.04 Å². The predicted molar refractivity (Wildman–Crippen MR) is 114 cm³/mol. The number of likely N-dealkylation sites (N-methyl/N-ethyl adjacent to an activating group) is 1. The summed E-state index contributed by atoms with van der Waals surface area (Å²) in [6.45, 7) is 14.5. The first kappa shape index (κ1) is 22.4. The molecule has 2 aliphatic rings. The number of carbonyl (C=O) groups excluding carboxylic acids is 1. The van der Waals surface area contributed by atoms with Crippen LogP contribution in [0.25, 0.3) is 0 Å². The molecule has 0 spiro atoms. The van der Waals surface area contributed by atoms with Gasteiger partial charge in [0.2, 0.25) is 0 Å². The lowest BCUT2D eigenvalue weighted by Crippen LogP contribution is -2.46. The molecule has 156 valence electrons. The molecule has 6 heteroatoms. The minimum Gasteiger partial charge on any atom is -0.327 e. The van der Waals surface area contributed by atoms with Crippen molar-refractivity contribution in [1.82, 2.24) is 15.3 Å². The summed E-state index contributed by atoms with van der Waals surface area (Å²) in [7, 11) is 0. The number of allylic oxidation sites excluding steroid dienone is 3. The Kier molecular flexibility index (Phi) is 8.01. The molecule has 0 bridgehead atoms. The Morgan fingerprint density at radius 1 is 1.39 bits per heavy atom. The number of amidine groups is 1. The molecule has 2 unspecified atom stereocenters. The van der Waals surface area contributed by atoms with Crippen molar-refractivity contribution < 1.29 is 10.0 Å². The van der Waals surface area contributed by atoms with Gasteiger partial charge in [-0.1, -0.05) is 41.0 Å². The molecular formula is C22H36N4O2. The number of rotatable bonds is 9. The minimum absolute atomic E-state index is 0.286. The van der Waals surface area contributed by atoms with Crippen molar-refractivity contribution in [1.29, 1.82) is 0 Å². The molecule has 2 rings (SSSR count). The van der Waals surface area contributed by atoms with Gasteiger partial charge < -0.3 is 9.80 Å². The lowest BCUT2D eigenvalue weighted by atomic mass is 9.92. The first-order valence-electron chi connectivity index (χ1n) is 10.4. The van der Waals surface area contributed by atoms with Crippen LogP contribution in [0, 0.1) is 5.41 Å². The van der Waals surface area contributed by atoms with Crippen molar-refractivity contribution in [3.8, 4) is 0 Å². The molecule has 2 heterocycles. The van der Waals surface area contributed by atoms with E-state index in [4.69, 9.17) is 10.2 Å². The second-order valence-corrected chi connectivity index (χ2v) is 8.79. The van der Waals surface area contributed by atoms with Crippen LogP contribution in [0.2, 0.25) is 0 Å². The van der Waals surface area contributed by atoms with E-state index < -0.39 is 5.91 Å². The molecule has 0 saturated carbocycles. The zero-order chi connectivity index (χ0) is 20.7. The summed E-state index contributed by atoms with van der Waals surface area (Å²) in [6, 6.07) is 0.627. The van der Waals surface area contributed by atoms with Gasteiger partial charge in [0, 0.05) is 18.8 Å². The van der Waals surface area contributed by atoms with Gasteiger partial charge in [0.1, 0.15) is 5.84 Å². The highest BCUT2D eigenvalue weighted by molar-refractivity contribution is 5.98. The number of nitrogens with zero attached hydrogens (tertiary/aromatic N) is 3. The monoisotopic (exact) mass is 388 g/mol. The first-order valence-corrected chi connectivity index (χ1v) is 10.4. The molecule has 0 aromatic rings. The topological polar surface area (TPSA) is 68.2 Å². The number of aliphatic imine (C=N–C) groups is 1. The number of hydrogen-bond acceptors (Lipinski definition) is 5. The van der Waals surface area contributed by atoms with E-state index in [1.165, 1.54) is 12.5 Å². The van der Waals surface area contributed by atoms with Crippen molar-refractivity contribution >= 4 is 11.7 Å². The summed E-state index contributed by atoms with van der Waals surface area (Å²) in [4.78, 5) is 21.0. The van der Waals surface area contributed by atoms with Gasteiger partial charge in [-0.2, -0.15) is 0 Å². The summed E-state index contributed by atoms with van der Waals surface area (Å²) < 4.78 is 0. The van der Waals surface area contributed by atoms with E-state index in [1.54, 1.807) is 11.6 Å². The highest BCUT2D eigenvalue weighted by atomic mass is 16.5. The number of fused-ring (bicyclic) bond motifs is 1. The van der Waals surface area contributed by atoms with E-state index in [9.17, 15) is 4.79 Å². The maximum Gasteiger partial charge on any atom is 0.267 e. The van der Waals surface area contributed by atoms with E-state index in [2.05, 4.69) is 50.6 Å². The third kappa shape index (κ3) is 6.31. The fourth-order valence-corrected chi connectivity index (χ4v) is 3.55. The molecule has 2 atom stereocenters. The Bertz CT molecular complexity index is 658. The number of nitrogens with one attached hydrogen (secondary N) is 1. The van der Waals surface area contributed by atoms with Crippen LogP contribution in [-0.2, 0) is 4.79 Å². The number of amides is 1. The Hall–Kier alpha value is -1.92. The van der Waals surface area contributed by atoms with Crippen molar-refractivity contribution in [2.24, 2.45) is 10.4 Å². The van der Waals surface area contributed by atoms with Crippen LogP contribution in [0.3, 0.4) is 0 Å². The van der Waals surface area contributed by atoms with Crippen molar-refractivity contribution in [2.45, 2.75) is 66.0 Å². The molecule has 0 fully saturated rings. The highest BCUT2D eigenvalue weighted by Crippen LogP contribution is 2.28. The molecule has 6 nitrogen and oxygen atoms in total. The van der Waals surface area contributed by atoms with Gasteiger partial charge in [-0.3, -0.25) is 15.0 Å². The van der Waals surface area contributed by atoms with Crippen molar-refractivity contribution in [2.75, 3.05) is 19.6 Å². The minimum atomic E-state index is -0.538. The highest BCUT2D eigenvalue weighted by Gasteiger charge is 2.35. The molecule has 0 aromatic heterocycles. The molecule has 2 aliphatic heterocycles. The summed E-state index contributed by atoms with van der Waals surface area (Å²) >= 11 is 0. The molecule has 0 saturated heterocycles. The quantitative estimate of drug-likeness (QED) is 0.360. The van der Waals surface area contributed by atoms with Crippen LogP contribution in [0.15, 0.2) is 41.1 Å². The number of hydroxylamine groups is 1. The van der Waals surface area contributed by atoms with Crippen LogP contribution in [0.4, 0.5) is 0 Å². The Balaban J connectivity index is 2.11. The van der Waals surface area contributed by atoms with Gasteiger partial charge in [0.05, 0.1) is 12.1 Å². The average Bonchev–Trinajstić information content (AvgIpc) is 2.98. The molecule has 0 aliphatic carbocycles. The van der Waals surface area contributed by atoms with Gasteiger partial charge in [-0.15, -0.1) is 0 Å². The lowest BCUT2D eigenvalue weighted by molar-refractivity contribution is -0.124. The lowest BCUT2D eigenvalue weighted by Gasteiger charge is -2.34. The van der Waals surface area contributed by atoms with Gasteiger partial charge >= 0.3 is 0 Å². The summed E-state index contributed by atoms with van der Waals surface area (Å²) in [5, 5.41) is 8.62. The molecule has 0 radical (unpaired) electrons. The van der Waals surface area contributed by atoms with Crippen LogP contribution < -0.4 is 5.48 Å². The molecule has 1 amide bonds. The second kappa shape index (κ2) is 10.0. The Morgan fingerprint density at radius 2 is 2.14 bits per heavy atom. The van der Waals surface area contributed by atoms with E-state index in [0.717, 1.165) is 43.9 Å². The zero-order valence-corrected chi connectivity index (χ0v) is 18.0. The summed E-state index contributed by atoms with van der Waals surface area (Å²) in [5.74, 6) is 0.422. The molecule has 28 heavy (non-hydrogen) atoms. The Morgan fingerprint density at radius 3 is 2.75 bits per heavy atom. The van der Waals surface area contributed by atoms with Crippen LogP contribution in [0.1, 0.15) is 53.9 Å². The normalized spacial score (nSPS) is 21.9. The third-order valence-corrected chi connectivity index (χ3v) is 5.28. The molecule has 2 N–H and O–H groups in total. The van der Waals surface area contributed by atoms with Gasteiger partial charge in [0.15, 0.2) is 0 Å². The second-order valence-electron chi connectivity index (χ2n) is 8.79. The van der Waals surface area contributed by atoms with E-state index >= 15 is 0 Å². The van der Waals surface area contributed by atoms with Gasteiger partial charge in [0.25, 0.3) is 5.91 Å². The van der Waals surface area contributed by atoms with Crippen LogP contribution >= 0.6 is 0 Å². The number of carbonyl (C=O) groups is 1. The van der Waals surface area contributed by atoms with Crippen molar-refractivity contribution in [3.05, 3.63) is 36.1 Å². The molecule has 0 aromatic carbocycles. The van der Waals surface area contributed by atoms with E-state index in [1.807, 2.05) is 12.2 Å². The molecular weight excluding hydrogens is 352 g/mol. The fourth-order valence-electron chi connectivity index (χ4n) is 3.55. The zero-order valence-electron chi connectivity index (χ0n) is 18.0. The largest absolute Gasteiger partial charge is 0.327 e. The van der Waals surface area contributed by atoms with Gasteiger partial charge in [-0.05, 0) is 55.1 Å². The average molecular weight is 389 g/mol. The summed E-state index contributed by atoms with van der Waals surface area (Å²) in [5.41, 5.74) is 2.84. The maximum atomic E-state index is 11.2. The standard InChI is InChI=1S/C22H36N4O2/c1-6-8-18-19(16-25(7-2)14-12-22(3,4)5)26-13-11-17(15-20(26)23-18)9-10-21(27)24-28/h9-11,13,15,18-19,28H,6-8,12,14,16H2,1-5H3,(H,24,27)/b10-9+. The number of hydrogen-bond donors (Lipinski definition) is 2.